The molecule has 0 aromatic heterocycles. The van der Waals surface area contributed by atoms with E-state index in [2.05, 4.69) is 21.2 Å². The molecule has 1 N–H and O–H groups in total. The lowest BCUT2D eigenvalue weighted by molar-refractivity contribution is -0.137. The number of halogens is 4. The molecule has 0 aliphatic heterocycles. The first-order valence-electron chi connectivity index (χ1n) is 5.85. The summed E-state index contributed by atoms with van der Waals surface area (Å²) >= 11 is 3.08. The fraction of sp³-hybridized carbons (Fsp3) is 0.538. The summed E-state index contributed by atoms with van der Waals surface area (Å²) in [4.78, 5) is 0. The van der Waals surface area contributed by atoms with Gasteiger partial charge in [0.15, 0.2) is 0 Å². The molecule has 5 heteroatoms. The zero-order valence-electron chi connectivity index (χ0n) is 10.2. The molecule has 1 saturated carbocycles. The summed E-state index contributed by atoms with van der Waals surface area (Å²) in [6.45, 7) is 3.90. The molecule has 18 heavy (non-hydrogen) atoms. The molecule has 0 spiro atoms. The third-order valence-electron chi connectivity index (χ3n) is 3.34. The van der Waals surface area contributed by atoms with Crippen LogP contribution in [-0.4, -0.2) is 5.54 Å². The van der Waals surface area contributed by atoms with Crippen LogP contribution in [0.3, 0.4) is 0 Å². The Balaban J connectivity index is 2.32. The van der Waals surface area contributed by atoms with Crippen molar-refractivity contribution in [2.24, 2.45) is 5.92 Å². The summed E-state index contributed by atoms with van der Waals surface area (Å²) in [7, 11) is 0. The van der Waals surface area contributed by atoms with Crippen LogP contribution in [0, 0.1) is 5.92 Å². The van der Waals surface area contributed by atoms with E-state index in [1.165, 1.54) is 6.07 Å². The molecule has 0 heterocycles. The first kappa shape index (κ1) is 13.7. The van der Waals surface area contributed by atoms with Crippen molar-refractivity contribution in [1.82, 2.24) is 0 Å². The molecule has 0 atom stereocenters. The van der Waals surface area contributed by atoms with Crippen molar-refractivity contribution in [3.63, 3.8) is 0 Å². The van der Waals surface area contributed by atoms with Crippen LogP contribution in [0.5, 0.6) is 0 Å². The van der Waals surface area contributed by atoms with E-state index in [0.717, 1.165) is 18.9 Å². The fourth-order valence-corrected chi connectivity index (χ4v) is 2.48. The van der Waals surface area contributed by atoms with Crippen molar-refractivity contribution in [2.45, 2.75) is 38.4 Å². The lowest BCUT2D eigenvalue weighted by Gasteiger charge is -2.29. The second-order valence-corrected chi connectivity index (χ2v) is 6.22. The van der Waals surface area contributed by atoms with E-state index in [1.807, 2.05) is 13.8 Å². The number of rotatable bonds is 3. The molecular formula is C13H15BrF3N. The van der Waals surface area contributed by atoms with E-state index in [-0.39, 0.29) is 11.2 Å². The zero-order valence-corrected chi connectivity index (χ0v) is 11.8. The summed E-state index contributed by atoms with van der Waals surface area (Å²) in [6, 6.07) is 4.23. The van der Waals surface area contributed by atoms with Gasteiger partial charge in [0.25, 0.3) is 0 Å². The fourth-order valence-electron chi connectivity index (χ4n) is 2.11. The molecular weight excluding hydrogens is 307 g/mol. The van der Waals surface area contributed by atoms with Gasteiger partial charge in [0.05, 0.1) is 5.56 Å². The van der Waals surface area contributed by atoms with Crippen molar-refractivity contribution in [3.05, 3.63) is 28.2 Å². The summed E-state index contributed by atoms with van der Waals surface area (Å²) in [5, 5.41) is 3.04. The van der Waals surface area contributed by atoms with Crippen LogP contribution in [0.4, 0.5) is 18.9 Å². The van der Waals surface area contributed by atoms with Crippen LogP contribution in [0.1, 0.15) is 32.3 Å². The van der Waals surface area contributed by atoms with Gasteiger partial charge in [0.2, 0.25) is 0 Å². The number of nitrogens with one attached hydrogen (secondary N) is 1. The van der Waals surface area contributed by atoms with Gasteiger partial charge >= 0.3 is 6.18 Å². The topological polar surface area (TPSA) is 12.0 Å². The molecule has 2 rings (SSSR count). The zero-order chi connectivity index (χ0) is 13.6. The Morgan fingerprint density at radius 2 is 1.83 bits per heavy atom. The van der Waals surface area contributed by atoms with E-state index in [1.54, 1.807) is 6.07 Å². The number of anilines is 1. The summed E-state index contributed by atoms with van der Waals surface area (Å²) < 4.78 is 39.3. The van der Waals surface area contributed by atoms with E-state index in [0.29, 0.717) is 10.4 Å². The first-order chi connectivity index (χ1) is 8.20. The van der Waals surface area contributed by atoms with Crippen LogP contribution < -0.4 is 5.32 Å². The molecule has 0 radical (unpaired) electrons. The second kappa shape index (κ2) is 4.44. The minimum Gasteiger partial charge on any atom is -0.379 e. The maximum absolute atomic E-state index is 13.0. The molecule has 1 nitrogen and oxygen atoms in total. The first-order valence-corrected chi connectivity index (χ1v) is 6.64. The molecule has 0 bridgehead atoms. The lowest BCUT2D eigenvalue weighted by Crippen LogP contribution is -2.34. The van der Waals surface area contributed by atoms with Crippen molar-refractivity contribution in [2.75, 3.05) is 5.32 Å². The number of hydrogen-bond donors (Lipinski definition) is 1. The lowest BCUT2D eigenvalue weighted by atomic mass is 9.97. The van der Waals surface area contributed by atoms with Gasteiger partial charge in [0.1, 0.15) is 0 Å². The monoisotopic (exact) mass is 321 g/mol. The van der Waals surface area contributed by atoms with Crippen molar-refractivity contribution in [3.8, 4) is 0 Å². The van der Waals surface area contributed by atoms with Crippen LogP contribution in [0.2, 0.25) is 0 Å². The number of alkyl halides is 3. The number of benzene rings is 1. The number of hydrogen-bond acceptors (Lipinski definition) is 1. The highest BCUT2D eigenvalue weighted by atomic mass is 79.9. The Hall–Kier alpha value is -0.710. The predicted molar refractivity (Wildman–Crippen MR) is 69.6 cm³/mol. The Morgan fingerprint density at radius 3 is 2.33 bits per heavy atom. The van der Waals surface area contributed by atoms with Crippen LogP contribution >= 0.6 is 15.9 Å². The average Bonchev–Trinajstić information content (AvgIpc) is 3.02. The third-order valence-corrected chi connectivity index (χ3v) is 3.84. The molecule has 1 aromatic rings. The predicted octanol–water partition coefficient (Wildman–Crippen LogP) is 5.07. The largest absolute Gasteiger partial charge is 0.418 e. The Bertz CT molecular complexity index is 450. The van der Waals surface area contributed by atoms with Crippen LogP contribution in [0.15, 0.2) is 22.7 Å². The maximum atomic E-state index is 13.0. The van der Waals surface area contributed by atoms with E-state index < -0.39 is 11.7 Å². The highest BCUT2D eigenvalue weighted by molar-refractivity contribution is 9.10. The van der Waals surface area contributed by atoms with Gasteiger partial charge in [-0.25, -0.2) is 0 Å². The SMILES string of the molecule is CC(C)(Nc1ccc(Br)cc1C(F)(F)F)C1CC1. The van der Waals surface area contributed by atoms with Gasteiger partial charge in [-0.1, -0.05) is 15.9 Å². The molecule has 0 saturated heterocycles. The summed E-state index contributed by atoms with van der Waals surface area (Å²) in [6.07, 6.45) is -2.18. The van der Waals surface area contributed by atoms with Crippen LogP contribution in [-0.2, 0) is 6.18 Å². The minimum absolute atomic E-state index is 0.155. The van der Waals surface area contributed by atoms with E-state index in [4.69, 9.17) is 0 Å². The normalized spacial score (nSPS) is 16.8. The molecule has 1 aliphatic rings. The van der Waals surface area contributed by atoms with Crippen LogP contribution in [0.25, 0.3) is 0 Å². The summed E-state index contributed by atoms with van der Waals surface area (Å²) in [5.74, 6) is 0.460. The minimum atomic E-state index is -4.34. The Morgan fingerprint density at radius 1 is 1.22 bits per heavy atom. The standard InChI is InChI=1S/C13H15BrF3N/c1-12(2,8-3-4-8)18-11-6-5-9(14)7-10(11)13(15,16)17/h5-8,18H,3-4H2,1-2H3. The van der Waals surface area contributed by atoms with Gasteiger partial charge in [-0.05, 0) is 50.8 Å². The van der Waals surface area contributed by atoms with Gasteiger partial charge in [0, 0.05) is 15.7 Å². The summed E-state index contributed by atoms with van der Waals surface area (Å²) in [5.41, 5.74) is -0.762. The quantitative estimate of drug-likeness (QED) is 0.819. The van der Waals surface area contributed by atoms with Crippen molar-refractivity contribution >= 4 is 21.6 Å². The molecule has 0 amide bonds. The highest BCUT2D eigenvalue weighted by Gasteiger charge is 2.40. The van der Waals surface area contributed by atoms with E-state index in [9.17, 15) is 13.2 Å². The van der Waals surface area contributed by atoms with E-state index >= 15 is 0 Å². The molecule has 1 fully saturated rings. The van der Waals surface area contributed by atoms with Gasteiger partial charge in [-0.3, -0.25) is 0 Å². The molecule has 0 unspecified atom stereocenters. The third kappa shape index (κ3) is 2.99. The smallest absolute Gasteiger partial charge is 0.379 e. The molecule has 100 valence electrons. The Kier molecular flexibility index (Phi) is 3.38. The molecule has 1 aromatic carbocycles. The second-order valence-electron chi connectivity index (χ2n) is 5.31. The van der Waals surface area contributed by atoms with Gasteiger partial charge in [-0.2, -0.15) is 13.2 Å². The van der Waals surface area contributed by atoms with Gasteiger partial charge in [-0.15, -0.1) is 0 Å². The maximum Gasteiger partial charge on any atom is 0.418 e. The van der Waals surface area contributed by atoms with Crippen molar-refractivity contribution < 1.29 is 13.2 Å². The average molecular weight is 322 g/mol. The van der Waals surface area contributed by atoms with Gasteiger partial charge < -0.3 is 5.32 Å². The molecule has 1 aliphatic carbocycles. The Labute approximate surface area is 113 Å². The van der Waals surface area contributed by atoms with Crippen molar-refractivity contribution in [1.29, 1.82) is 0 Å². The highest BCUT2D eigenvalue weighted by Crippen LogP contribution is 2.43.